The lowest BCUT2D eigenvalue weighted by Crippen LogP contribution is -2.45. The highest BCUT2D eigenvalue weighted by Gasteiger charge is 2.41. The third-order valence-electron chi connectivity index (χ3n) is 5.57. The first-order chi connectivity index (χ1) is 9.51. The van der Waals surface area contributed by atoms with Crippen molar-refractivity contribution >= 4 is 0 Å². The maximum atomic E-state index is 9.44. The lowest BCUT2D eigenvalue weighted by molar-refractivity contribution is -0.00310. The average Bonchev–Trinajstić information content (AvgIpc) is 2.84. The van der Waals surface area contributed by atoms with Gasteiger partial charge in [-0.15, -0.1) is 0 Å². The van der Waals surface area contributed by atoms with Crippen molar-refractivity contribution in [3.63, 3.8) is 0 Å². The zero-order valence-electron chi connectivity index (χ0n) is 13.4. The molecule has 0 spiro atoms. The molecule has 2 fully saturated rings. The van der Waals surface area contributed by atoms with E-state index in [0.717, 1.165) is 32.3 Å². The Morgan fingerprint density at radius 1 is 1.20 bits per heavy atom. The van der Waals surface area contributed by atoms with Gasteiger partial charge in [0.15, 0.2) is 0 Å². The summed E-state index contributed by atoms with van der Waals surface area (Å²) in [5, 5.41) is 12.7. The highest BCUT2D eigenvalue weighted by Crippen LogP contribution is 2.38. The van der Waals surface area contributed by atoms with Crippen LogP contribution in [0.3, 0.4) is 0 Å². The van der Waals surface area contributed by atoms with E-state index in [0.29, 0.717) is 17.4 Å². The molecule has 0 aliphatic heterocycles. The van der Waals surface area contributed by atoms with E-state index in [1.807, 2.05) is 7.05 Å². The van der Waals surface area contributed by atoms with Crippen LogP contribution < -0.4 is 5.32 Å². The van der Waals surface area contributed by atoms with E-state index in [1.54, 1.807) is 0 Å². The molecule has 2 unspecified atom stereocenters. The minimum atomic E-state index is -0.294. The lowest BCUT2D eigenvalue weighted by atomic mass is 9.76. The van der Waals surface area contributed by atoms with Crippen molar-refractivity contribution in [2.24, 2.45) is 11.3 Å². The maximum absolute atomic E-state index is 9.44. The van der Waals surface area contributed by atoms with Crippen LogP contribution in [0.5, 0.6) is 0 Å². The van der Waals surface area contributed by atoms with Gasteiger partial charge in [-0.3, -0.25) is 0 Å². The van der Waals surface area contributed by atoms with Crippen molar-refractivity contribution in [2.45, 2.75) is 76.9 Å². The largest absolute Gasteiger partial charge is 0.378 e. The second-order valence-corrected chi connectivity index (χ2v) is 7.45. The number of nitrogens with one attached hydrogen (secondary N) is 1. The van der Waals surface area contributed by atoms with Crippen LogP contribution >= 0.6 is 0 Å². The predicted molar refractivity (Wildman–Crippen MR) is 81.4 cm³/mol. The number of nitrogens with zero attached hydrogens (tertiary/aromatic N) is 1. The van der Waals surface area contributed by atoms with Gasteiger partial charge in [-0.1, -0.05) is 20.3 Å². The Balaban J connectivity index is 1.73. The summed E-state index contributed by atoms with van der Waals surface area (Å²) < 4.78 is 6.08. The molecule has 0 saturated heterocycles. The summed E-state index contributed by atoms with van der Waals surface area (Å²) in [5.74, 6) is 0.456. The molecular formula is C17H30N2O. The molecule has 0 aromatic carbocycles. The van der Waals surface area contributed by atoms with Gasteiger partial charge in [0, 0.05) is 6.61 Å². The van der Waals surface area contributed by atoms with Crippen LogP contribution in [0.1, 0.15) is 65.2 Å². The van der Waals surface area contributed by atoms with Crippen LogP contribution in [0.15, 0.2) is 0 Å². The zero-order chi connectivity index (χ0) is 14.6. The monoisotopic (exact) mass is 278 g/mol. The molecule has 0 bridgehead atoms. The van der Waals surface area contributed by atoms with Crippen molar-refractivity contribution < 1.29 is 4.74 Å². The van der Waals surface area contributed by atoms with E-state index in [2.05, 4.69) is 25.2 Å². The van der Waals surface area contributed by atoms with Gasteiger partial charge in [0.25, 0.3) is 0 Å². The number of hydrogen-bond donors (Lipinski definition) is 1. The third kappa shape index (κ3) is 3.54. The highest BCUT2D eigenvalue weighted by atomic mass is 16.5. The molecule has 3 nitrogen and oxygen atoms in total. The molecule has 2 saturated carbocycles. The standard InChI is InChI=1S/C17H30N2O/c1-16(2)10-6-15(7-11-16)20-12-8-14-5-4-9-17(14,13-18)19-3/h14-15,19H,4-12H2,1-3H3. The highest BCUT2D eigenvalue weighted by molar-refractivity contribution is 5.13. The maximum Gasteiger partial charge on any atom is 0.109 e. The number of rotatable bonds is 5. The summed E-state index contributed by atoms with van der Waals surface area (Å²) in [4.78, 5) is 0. The SMILES string of the molecule is CNC1(C#N)CCCC1CCOC1CCC(C)(C)CC1. The van der Waals surface area contributed by atoms with Crippen molar-refractivity contribution in [1.82, 2.24) is 5.32 Å². The normalized spacial score (nSPS) is 34.0. The molecule has 2 atom stereocenters. The summed E-state index contributed by atoms with van der Waals surface area (Å²) in [6.45, 7) is 5.53. The summed E-state index contributed by atoms with van der Waals surface area (Å²) >= 11 is 0. The molecule has 0 aromatic rings. The Labute approximate surface area is 124 Å². The van der Waals surface area contributed by atoms with Crippen LogP contribution in [0.4, 0.5) is 0 Å². The van der Waals surface area contributed by atoms with Gasteiger partial charge in [0.1, 0.15) is 5.54 Å². The number of nitriles is 1. The minimum Gasteiger partial charge on any atom is -0.378 e. The molecule has 0 radical (unpaired) electrons. The first kappa shape index (κ1) is 15.8. The van der Waals surface area contributed by atoms with Crippen molar-refractivity contribution in [2.75, 3.05) is 13.7 Å². The Morgan fingerprint density at radius 2 is 1.90 bits per heavy atom. The molecule has 1 N–H and O–H groups in total. The van der Waals surface area contributed by atoms with Gasteiger partial charge < -0.3 is 10.1 Å². The van der Waals surface area contributed by atoms with Crippen molar-refractivity contribution in [3.8, 4) is 6.07 Å². The fourth-order valence-corrected chi connectivity index (χ4v) is 3.92. The quantitative estimate of drug-likeness (QED) is 0.835. The molecule has 0 heterocycles. The van der Waals surface area contributed by atoms with Gasteiger partial charge in [-0.2, -0.15) is 5.26 Å². The molecule has 2 aliphatic rings. The molecule has 114 valence electrons. The van der Waals surface area contributed by atoms with Crippen LogP contribution in [0.25, 0.3) is 0 Å². The Hall–Kier alpha value is -0.590. The Morgan fingerprint density at radius 3 is 2.50 bits per heavy atom. The van der Waals surface area contributed by atoms with E-state index in [-0.39, 0.29) is 5.54 Å². The minimum absolute atomic E-state index is 0.294. The summed E-state index contributed by atoms with van der Waals surface area (Å²) in [6, 6.07) is 2.51. The molecule has 20 heavy (non-hydrogen) atoms. The fraction of sp³-hybridized carbons (Fsp3) is 0.941. The van der Waals surface area contributed by atoms with Gasteiger partial charge >= 0.3 is 0 Å². The van der Waals surface area contributed by atoms with E-state index >= 15 is 0 Å². The molecule has 3 heteroatoms. The van der Waals surface area contributed by atoms with Gasteiger partial charge in [0.2, 0.25) is 0 Å². The van der Waals surface area contributed by atoms with Crippen LogP contribution in [0, 0.1) is 22.7 Å². The second-order valence-electron chi connectivity index (χ2n) is 7.45. The van der Waals surface area contributed by atoms with E-state index in [1.165, 1.54) is 25.7 Å². The lowest BCUT2D eigenvalue weighted by Gasteiger charge is -2.34. The first-order valence-electron chi connectivity index (χ1n) is 8.23. The molecule has 2 aliphatic carbocycles. The van der Waals surface area contributed by atoms with Gasteiger partial charge in [0.05, 0.1) is 12.2 Å². The van der Waals surface area contributed by atoms with E-state index in [9.17, 15) is 5.26 Å². The molecule has 2 rings (SSSR count). The van der Waals surface area contributed by atoms with Crippen LogP contribution in [-0.4, -0.2) is 25.3 Å². The third-order valence-corrected chi connectivity index (χ3v) is 5.57. The smallest absolute Gasteiger partial charge is 0.109 e. The molecule has 0 aromatic heterocycles. The topological polar surface area (TPSA) is 45.0 Å². The summed E-state index contributed by atoms with van der Waals surface area (Å²) in [5.41, 5.74) is 0.214. The second kappa shape index (κ2) is 6.45. The van der Waals surface area contributed by atoms with Gasteiger partial charge in [-0.25, -0.2) is 0 Å². The zero-order valence-corrected chi connectivity index (χ0v) is 13.4. The Bertz CT molecular complexity index is 350. The molecular weight excluding hydrogens is 248 g/mol. The van der Waals surface area contributed by atoms with Gasteiger partial charge in [-0.05, 0) is 63.3 Å². The fourth-order valence-electron chi connectivity index (χ4n) is 3.92. The van der Waals surface area contributed by atoms with E-state index in [4.69, 9.17) is 4.74 Å². The van der Waals surface area contributed by atoms with Crippen molar-refractivity contribution in [3.05, 3.63) is 0 Å². The Kier molecular flexibility index (Phi) is 5.09. The predicted octanol–water partition coefficient (Wildman–Crippen LogP) is 3.64. The summed E-state index contributed by atoms with van der Waals surface area (Å²) in [7, 11) is 1.92. The van der Waals surface area contributed by atoms with E-state index < -0.39 is 0 Å². The summed E-state index contributed by atoms with van der Waals surface area (Å²) in [6.07, 6.45) is 9.75. The first-order valence-corrected chi connectivity index (χ1v) is 8.23. The average molecular weight is 278 g/mol. The number of hydrogen-bond acceptors (Lipinski definition) is 3. The van der Waals surface area contributed by atoms with Crippen molar-refractivity contribution in [1.29, 1.82) is 5.26 Å². The van der Waals surface area contributed by atoms with Crippen LogP contribution in [-0.2, 0) is 4.74 Å². The number of ether oxygens (including phenoxy) is 1. The molecule has 0 amide bonds. The van der Waals surface area contributed by atoms with Crippen LogP contribution in [0.2, 0.25) is 0 Å².